The van der Waals surface area contributed by atoms with Gasteiger partial charge in [-0.15, -0.1) is 0 Å². The Morgan fingerprint density at radius 3 is 2.78 bits per heavy atom. The fourth-order valence-electron chi connectivity index (χ4n) is 2.72. The molecule has 2 atom stereocenters. The summed E-state index contributed by atoms with van der Waals surface area (Å²) in [4.78, 5) is 2.46. The first-order chi connectivity index (χ1) is 8.75. The van der Waals surface area contributed by atoms with Crippen LogP contribution in [0.5, 0.6) is 0 Å². The Hall–Kier alpha value is -0.860. The number of likely N-dealkylation sites (tertiary alicyclic amines) is 1. The van der Waals surface area contributed by atoms with Gasteiger partial charge >= 0.3 is 0 Å². The molecule has 0 bridgehead atoms. The summed E-state index contributed by atoms with van der Waals surface area (Å²) in [7, 11) is 2.23. The Bertz CT molecular complexity index is 336. The monoisotopic (exact) mass is 246 g/mol. The first-order valence-corrected chi connectivity index (χ1v) is 7.23. The molecule has 0 spiro atoms. The Balaban J connectivity index is 1.61. The molecule has 1 fully saturated rings. The molecule has 0 aromatic heterocycles. The van der Waals surface area contributed by atoms with E-state index in [2.05, 4.69) is 54.5 Å². The second-order valence-corrected chi connectivity index (χ2v) is 5.59. The zero-order chi connectivity index (χ0) is 12.8. The van der Waals surface area contributed by atoms with Crippen molar-refractivity contribution in [2.24, 2.45) is 0 Å². The van der Waals surface area contributed by atoms with Gasteiger partial charge in [0.1, 0.15) is 0 Å². The summed E-state index contributed by atoms with van der Waals surface area (Å²) in [6.07, 6.45) is 5.02. The molecule has 1 heterocycles. The summed E-state index contributed by atoms with van der Waals surface area (Å²) in [5.74, 6) is 0. The average molecular weight is 246 g/mol. The quantitative estimate of drug-likeness (QED) is 0.804. The highest BCUT2D eigenvalue weighted by Crippen LogP contribution is 2.15. The molecule has 1 aromatic carbocycles. The SMILES string of the molecule is CC1CC(NCCCc2ccccc2)CCN1C. The maximum atomic E-state index is 3.72. The third kappa shape index (κ3) is 4.11. The molecule has 2 rings (SSSR count). The van der Waals surface area contributed by atoms with Crippen LogP contribution in [0.15, 0.2) is 30.3 Å². The highest BCUT2D eigenvalue weighted by molar-refractivity contribution is 5.14. The molecule has 2 nitrogen and oxygen atoms in total. The van der Waals surface area contributed by atoms with Gasteiger partial charge in [-0.2, -0.15) is 0 Å². The van der Waals surface area contributed by atoms with Gasteiger partial charge < -0.3 is 10.2 Å². The van der Waals surface area contributed by atoms with Crippen LogP contribution in [0.2, 0.25) is 0 Å². The molecular formula is C16H26N2. The lowest BCUT2D eigenvalue weighted by Crippen LogP contribution is -2.45. The zero-order valence-corrected chi connectivity index (χ0v) is 11.7. The highest BCUT2D eigenvalue weighted by Gasteiger charge is 2.21. The van der Waals surface area contributed by atoms with Crippen molar-refractivity contribution in [2.45, 2.75) is 44.7 Å². The molecule has 1 aliphatic rings. The van der Waals surface area contributed by atoms with Crippen molar-refractivity contribution in [3.63, 3.8) is 0 Å². The summed E-state index contributed by atoms with van der Waals surface area (Å²) in [5.41, 5.74) is 1.45. The van der Waals surface area contributed by atoms with Gasteiger partial charge in [0.15, 0.2) is 0 Å². The summed E-state index contributed by atoms with van der Waals surface area (Å²) in [5, 5.41) is 3.72. The number of aryl methyl sites for hydroxylation is 1. The van der Waals surface area contributed by atoms with Crippen LogP contribution in [0.1, 0.15) is 31.7 Å². The van der Waals surface area contributed by atoms with Crippen molar-refractivity contribution < 1.29 is 0 Å². The fourth-order valence-corrected chi connectivity index (χ4v) is 2.72. The van der Waals surface area contributed by atoms with E-state index in [-0.39, 0.29) is 0 Å². The summed E-state index contributed by atoms with van der Waals surface area (Å²) in [6, 6.07) is 12.2. The van der Waals surface area contributed by atoms with E-state index in [0.29, 0.717) is 0 Å². The maximum absolute atomic E-state index is 3.72. The number of nitrogens with zero attached hydrogens (tertiary/aromatic N) is 1. The van der Waals surface area contributed by atoms with E-state index in [0.717, 1.165) is 18.6 Å². The van der Waals surface area contributed by atoms with Crippen molar-refractivity contribution in [2.75, 3.05) is 20.1 Å². The molecule has 0 radical (unpaired) electrons. The van der Waals surface area contributed by atoms with E-state index in [1.165, 1.54) is 37.8 Å². The largest absolute Gasteiger partial charge is 0.314 e. The van der Waals surface area contributed by atoms with Crippen LogP contribution in [0.4, 0.5) is 0 Å². The van der Waals surface area contributed by atoms with Gasteiger partial charge in [-0.1, -0.05) is 30.3 Å². The van der Waals surface area contributed by atoms with Gasteiger partial charge in [-0.05, 0) is 58.3 Å². The lowest BCUT2D eigenvalue weighted by molar-refractivity contribution is 0.168. The highest BCUT2D eigenvalue weighted by atomic mass is 15.1. The molecule has 1 saturated heterocycles. The van der Waals surface area contributed by atoms with Crippen molar-refractivity contribution >= 4 is 0 Å². The number of nitrogens with one attached hydrogen (secondary N) is 1. The van der Waals surface area contributed by atoms with E-state index in [4.69, 9.17) is 0 Å². The molecule has 2 unspecified atom stereocenters. The Kier molecular flexibility index (Phi) is 5.21. The third-order valence-electron chi connectivity index (χ3n) is 4.13. The van der Waals surface area contributed by atoms with Gasteiger partial charge in [0.25, 0.3) is 0 Å². The smallest absolute Gasteiger partial charge is 0.00940 e. The van der Waals surface area contributed by atoms with Crippen molar-refractivity contribution in [3.05, 3.63) is 35.9 Å². The minimum Gasteiger partial charge on any atom is -0.314 e. The second-order valence-electron chi connectivity index (χ2n) is 5.59. The van der Waals surface area contributed by atoms with E-state index in [9.17, 15) is 0 Å². The fraction of sp³-hybridized carbons (Fsp3) is 0.625. The Morgan fingerprint density at radius 2 is 2.06 bits per heavy atom. The van der Waals surface area contributed by atoms with E-state index < -0.39 is 0 Å². The first-order valence-electron chi connectivity index (χ1n) is 7.23. The number of hydrogen-bond donors (Lipinski definition) is 1. The van der Waals surface area contributed by atoms with Gasteiger partial charge in [-0.3, -0.25) is 0 Å². The van der Waals surface area contributed by atoms with Crippen LogP contribution in [-0.4, -0.2) is 37.1 Å². The van der Waals surface area contributed by atoms with Crippen molar-refractivity contribution in [1.82, 2.24) is 10.2 Å². The lowest BCUT2D eigenvalue weighted by atomic mass is 9.99. The van der Waals surface area contributed by atoms with Gasteiger partial charge in [0, 0.05) is 12.1 Å². The minimum absolute atomic E-state index is 0.727. The van der Waals surface area contributed by atoms with Crippen molar-refractivity contribution in [3.8, 4) is 0 Å². The Labute approximate surface area is 111 Å². The summed E-state index contributed by atoms with van der Waals surface area (Å²) >= 11 is 0. The molecule has 1 aromatic rings. The molecular weight excluding hydrogens is 220 g/mol. The molecule has 0 saturated carbocycles. The Morgan fingerprint density at radius 1 is 1.28 bits per heavy atom. The third-order valence-corrected chi connectivity index (χ3v) is 4.13. The first kappa shape index (κ1) is 13.6. The van der Waals surface area contributed by atoms with Crippen LogP contribution in [0.25, 0.3) is 0 Å². The average Bonchev–Trinajstić information content (AvgIpc) is 2.40. The summed E-state index contributed by atoms with van der Waals surface area (Å²) < 4.78 is 0. The number of hydrogen-bond acceptors (Lipinski definition) is 2. The van der Waals surface area contributed by atoms with Crippen LogP contribution >= 0.6 is 0 Å². The molecule has 2 heteroatoms. The van der Waals surface area contributed by atoms with Gasteiger partial charge in [0.2, 0.25) is 0 Å². The predicted molar refractivity (Wildman–Crippen MR) is 77.9 cm³/mol. The van der Waals surface area contributed by atoms with Crippen molar-refractivity contribution in [1.29, 1.82) is 0 Å². The minimum atomic E-state index is 0.727. The number of benzene rings is 1. The number of piperidine rings is 1. The predicted octanol–water partition coefficient (Wildman–Crippen LogP) is 2.69. The van der Waals surface area contributed by atoms with Crippen LogP contribution in [0.3, 0.4) is 0 Å². The molecule has 100 valence electrons. The van der Waals surface area contributed by atoms with E-state index >= 15 is 0 Å². The molecule has 1 aliphatic heterocycles. The van der Waals surface area contributed by atoms with Crippen LogP contribution in [0, 0.1) is 0 Å². The molecule has 0 aliphatic carbocycles. The number of rotatable bonds is 5. The molecule has 0 amide bonds. The van der Waals surface area contributed by atoms with Gasteiger partial charge in [-0.25, -0.2) is 0 Å². The molecule has 1 N–H and O–H groups in total. The second kappa shape index (κ2) is 6.91. The van der Waals surface area contributed by atoms with E-state index in [1.807, 2.05) is 0 Å². The lowest BCUT2D eigenvalue weighted by Gasteiger charge is -2.35. The van der Waals surface area contributed by atoms with Crippen LogP contribution in [-0.2, 0) is 6.42 Å². The standard InChI is InChI=1S/C16H26N2/c1-14-13-16(10-12-18(14)2)17-11-6-9-15-7-4-3-5-8-15/h3-5,7-8,14,16-17H,6,9-13H2,1-2H3. The zero-order valence-electron chi connectivity index (χ0n) is 11.7. The van der Waals surface area contributed by atoms with E-state index in [1.54, 1.807) is 0 Å². The normalized spacial score (nSPS) is 25.2. The topological polar surface area (TPSA) is 15.3 Å². The summed E-state index contributed by atoms with van der Waals surface area (Å²) in [6.45, 7) is 4.71. The van der Waals surface area contributed by atoms with Gasteiger partial charge in [0.05, 0.1) is 0 Å². The molecule has 18 heavy (non-hydrogen) atoms. The van der Waals surface area contributed by atoms with Crippen LogP contribution < -0.4 is 5.32 Å². The maximum Gasteiger partial charge on any atom is 0.00940 e.